The fraction of sp³-hybridized carbons (Fsp3) is 0.774. The Labute approximate surface area is 248 Å². The van der Waals surface area contributed by atoms with Crippen LogP contribution >= 0.6 is 0 Å². The zero-order valence-electron chi connectivity index (χ0n) is 28.5. The van der Waals surface area contributed by atoms with Gasteiger partial charge in [-0.05, 0) is 83.3 Å². The summed E-state index contributed by atoms with van der Waals surface area (Å²) in [5.74, 6) is -0.407. The van der Waals surface area contributed by atoms with Crippen LogP contribution in [0.4, 0.5) is 0 Å². The Morgan fingerprint density at radius 1 is 0.950 bits per heavy atom. The Kier molecular flexibility index (Phi) is 12.2. The van der Waals surface area contributed by atoms with Gasteiger partial charge in [0.1, 0.15) is 6.10 Å². The molecule has 1 heterocycles. The van der Waals surface area contributed by atoms with E-state index in [1.807, 2.05) is 41.5 Å². The van der Waals surface area contributed by atoms with Gasteiger partial charge in [0.2, 0.25) is 0 Å². The summed E-state index contributed by atoms with van der Waals surface area (Å²) in [6.07, 6.45) is 5.02. The molecule has 9 heteroatoms. The molecule has 0 amide bonds. The number of carbonyl (C=O) groups excluding carboxylic acids is 1. The minimum atomic E-state index is -2.12. The molecule has 0 aromatic heterocycles. The number of carbonyl (C=O) groups is 1. The van der Waals surface area contributed by atoms with Crippen molar-refractivity contribution in [2.45, 2.75) is 149 Å². The molecule has 0 aliphatic carbocycles. The van der Waals surface area contributed by atoms with Crippen LogP contribution in [0.2, 0.25) is 36.3 Å². The first kappa shape index (κ1) is 37.1. The highest BCUT2D eigenvalue weighted by molar-refractivity contribution is 6.74. The molecule has 0 N–H and O–H groups in total. The van der Waals surface area contributed by atoms with Gasteiger partial charge in [-0.15, -0.1) is 0 Å². The van der Waals surface area contributed by atoms with Gasteiger partial charge in [0.15, 0.2) is 16.6 Å². The zero-order chi connectivity index (χ0) is 31.5. The van der Waals surface area contributed by atoms with E-state index in [-0.39, 0.29) is 22.8 Å². The van der Waals surface area contributed by atoms with Gasteiger partial charge in [-0.1, -0.05) is 66.3 Å². The Hall–Kier alpha value is -0.971. The summed E-state index contributed by atoms with van der Waals surface area (Å²) in [4.78, 5) is 13.5. The van der Waals surface area contributed by atoms with E-state index in [9.17, 15) is 4.79 Å². The molecule has 40 heavy (non-hydrogen) atoms. The highest BCUT2D eigenvalue weighted by Crippen LogP contribution is 2.40. The summed E-state index contributed by atoms with van der Waals surface area (Å²) in [5.41, 5.74) is 0.552. The normalized spacial score (nSPS) is 20.4. The largest absolute Gasteiger partial charge is 0.489 e. The first-order valence-electron chi connectivity index (χ1n) is 14.6. The van der Waals surface area contributed by atoms with Crippen molar-refractivity contribution in [1.82, 2.24) is 0 Å². The molecule has 6 nitrogen and oxygen atoms in total. The third-order valence-electron chi connectivity index (χ3n) is 9.34. The Morgan fingerprint density at radius 2 is 1.43 bits per heavy atom. The van der Waals surface area contributed by atoms with Crippen LogP contribution in [0.3, 0.4) is 0 Å². The highest BCUT2D eigenvalue weighted by atomic mass is 28.4. The van der Waals surface area contributed by atoms with Crippen molar-refractivity contribution in [3.8, 4) is 0 Å². The van der Waals surface area contributed by atoms with Crippen LogP contribution < -0.4 is 0 Å². The summed E-state index contributed by atoms with van der Waals surface area (Å²) in [5, 5.41) is 0.0509. The van der Waals surface area contributed by atoms with Gasteiger partial charge < -0.3 is 22.9 Å². The molecule has 0 aromatic carbocycles. The fourth-order valence-electron chi connectivity index (χ4n) is 3.49. The second kappa shape index (κ2) is 13.1. The van der Waals surface area contributed by atoms with Crippen molar-refractivity contribution >= 4 is 29.7 Å². The lowest BCUT2D eigenvalue weighted by molar-refractivity contribution is -0.149. The SMILES string of the molecule is C=C/C=C(\CO[Si](C)(C)C(C)(C)C)C(=O)O[C@@H](C/C=C(\C)B1OC(C)(C)C(C)(C)O1)[C@@H](C)O[Si](C)(C)C(C)(C)C. The van der Waals surface area contributed by atoms with E-state index < -0.39 is 47.0 Å². The Morgan fingerprint density at radius 3 is 1.85 bits per heavy atom. The molecule has 1 aliphatic rings. The lowest BCUT2D eigenvalue weighted by Crippen LogP contribution is -2.47. The van der Waals surface area contributed by atoms with Gasteiger partial charge in [0, 0.05) is 6.42 Å². The van der Waals surface area contributed by atoms with Crippen molar-refractivity contribution in [3.63, 3.8) is 0 Å². The molecule has 0 spiro atoms. The van der Waals surface area contributed by atoms with Crippen LogP contribution in [0, 0.1) is 0 Å². The topological polar surface area (TPSA) is 63.2 Å². The summed E-state index contributed by atoms with van der Waals surface area (Å²) in [6.45, 7) is 38.1. The van der Waals surface area contributed by atoms with E-state index in [1.165, 1.54) is 0 Å². The molecular weight excluding hydrogens is 535 g/mol. The van der Waals surface area contributed by atoms with Gasteiger partial charge in [-0.2, -0.15) is 0 Å². The second-order valence-corrected chi connectivity index (χ2v) is 24.8. The molecule has 0 aromatic rings. The first-order valence-corrected chi connectivity index (χ1v) is 20.5. The van der Waals surface area contributed by atoms with Crippen molar-refractivity contribution in [3.05, 3.63) is 35.9 Å². The van der Waals surface area contributed by atoms with Crippen molar-refractivity contribution in [2.75, 3.05) is 6.61 Å². The maximum absolute atomic E-state index is 13.5. The predicted octanol–water partition coefficient (Wildman–Crippen LogP) is 8.41. The van der Waals surface area contributed by atoms with E-state index in [0.717, 1.165) is 5.47 Å². The van der Waals surface area contributed by atoms with Crippen LogP contribution in [-0.2, 0) is 27.7 Å². The molecule has 2 atom stereocenters. The van der Waals surface area contributed by atoms with E-state index in [2.05, 4.69) is 80.4 Å². The molecule has 0 unspecified atom stereocenters. The average Bonchev–Trinajstić information content (AvgIpc) is 2.98. The van der Waals surface area contributed by atoms with Crippen LogP contribution in [0.5, 0.6) is 0 Å². The zero-order valence-corrected chi connectivity index (χ0v) is 30.5. The summed E-state index contributed by atoms with van der Waals surface area (Å²) in [7, 11) is -4.63. The molecule has 0 bridgehead atoms. The van der Waals surface area contributed by atoms with Crippen LogP contribution in [0.15, 0.2) is 35.9 Å². The lowest BCUT2D eigenvalue weighted by Gasteiger charge is -2.40. The van der Waals surface area contributed by atoms with Crippen LogP contribution in [0.1, 0.15) is 89.5 Å². The third-order valence-corrected chi connectivity index (χ3v) is 18.4. The van der Waals surface area contributed by atoms with Crippen molar-refractivity contribution in [2.24, 2.45) is 0 Å². The van der Waals surface area contributed by atoms with Crippen molar-refractivity contribution < 1.29 is 27.7 Å². The third kappa shape index (κ3) is 9.53. The number of esters is 1. The fourth-order valence-corrected chi connectivity index (χ4v) is 5.87. The van der Waals surface area contributed by atoms with E-state index in [0.29, 0.717) is 12.0 Å². The summed E-state index contributed by atoms with van der Waals surface area (Å²) < 4.78 is 31.7. The van der Waals surface area contributed by atoms with E-state index in [4.69, 9.17) is 22.9 Å². The minimum absolute atomic E-state index is 0.0230. The van der Waals surface area contributed by atoms with E-state index in [1.54, 1.807) is 12.2 Å². The number of rotatable bonds is 12. The highest BCUT2D eigenvalue weighted by Gasteiger charge is 2.51. The predicted molar refractivity (Wildman–Crippen MR) is 174 cm³/mol. The smallest absolute Gasteiger partial charge is 0.456 e. The number of ether oxygens (including phenoxy) is 1. The Balaban J connectivity index is 3.23. The molecule has 1 fully saturated rings. The standard InChI is InChI=1S/C31H59BO6Si2/c1-18-19-25(22-34-39(14,15)28(4,5)6)27(33)35-26(24(3)36-40(16,17)29(7,8)9)21-20-23(2)32-37-30(10,11)31(12,13)38-32/h18-20,24,26H,1,21-22H2,2-17H3/b23-20+,25-19+/t24-,26+/m1/s1. The molecule has 230 valence electrons. The number of hydrogen-bond acceptors (Lipinski definition) is 6. The first-order chi connectivity index (χ1) is 17.8. The Bertz CT molecular complexity index is 938. The molecule has 1 saturated heterocycles. The van der Waals surface area contributed by atoms with E-state index >= 15 is 0 Å². The molecule has 1 aliphatic heterocycles. The average molecular weight is 595 g/mol. The minimum Gasteiger partial charge on any atom is -0.456 e. The molecular formula is C31H59BO6Si2. The van der Waals surface area contributed by atoms with Gasteiger partial charge in [-0.3, -0.25) is 0 Å². The molecule has 0 saturated carbocycles. The lowest BCUT2D eigenvalue weighted by atomic mass is 9.78. The van der Waals surface area contributed by atoms with Gasteiger partial charge in [0.05, 0.1) is 29.5 Å². The van der Waals surface area contributed by atoms with Gasteiger partial charge in [0.25, 0.3) is 0 Å². The second-order valence-electron chi connectivity index (χ2n) is 15.3. The maximum Gasteiger partial charge on any atom is 0.489 e. The summed E-state index contributed by atoms with van der Waals surface area (Å²) >= 11 is 0. The van der Waals surface area contributed by atoms with Crippen molar-refractivity contribution in [1.29, 1.82) is 0 Å². The monoisotopic (exact) mass is 594 g/mol. The van der Waals surface area contributed by atoms with Gasteiger partial charge >= 0.3 is 13.1 Å². The van der Waals surface area contributed by atoms with Crippen LogP contribution in [-0.4, -0.2) is 59.7 Å². The summed E-state index contributed by atoms with van der Waals surface area (Å²) in [6, 6.07) is 0. The quantitative estimate of drug-likeness (QED) is 0.0978. The molecule has 0 radical (unpaired) electrons. The number of hydrogen-bond donors (Lipinski definition) is 0. The molecule has 1 rings (SSSR count). The number of allylic oxidation sites excluding steroid dienone is 3. The van der Waals surface area contributed by atoms with Crippen LogP contribution in [0.25, 0.3) is 0 Å². The maximum atomic E-state index is 13.5. The van der Waals surface area contributed by atoms with Gasteiger partial charge in [-0.25, -0.2) is 4.79 Å².